The maximum absolute atomic E-state index is 12.4. The third-order valence-corrected chi connectivity index (χ3v) is 7.13. The fourth-order valence-electron chi connectivity index (χ4n) is 4.93. The molecule has 3 aromatic rings. The van der Waals surface area contributed by atoms with E-state index in [4.69, 9.17) is 23.7 Å². The second-order valence-electron chi connectivity index (χ2n) is 10.0. The van der Waals surface area contributed by atoms with Gasteiger partial charge in [0.1, 0.15) is 11.5 Å². The zero-order valence-corrected chi connectivity index (χ0v) is 24.1. The Hall–Kier alpha value is -3.43. The minimum Gasteiger partial charge on any atom is -0.496 e. The number of carbonyl (C=O) groups is 1. The van der Waals surface area contributed by atoms with Crippen LogP contribution in [0.1, 0.15) is 45.8 Å². The van der Waals surface area contributed by atoms with Crippen LogP contribution in [0.15, 0.2) is 72.8 Å². The van der Waals surface area contributed by atoms with E-state index in [0.717, 1.165) is 48.6 Å². The highest BCUT2D eigenvalue weighted by atomic mass is 16.5. The second-order valence-corrected chi connectivity index (χ2v) is 10.0. The quantitative estimate of drug-likeness (QED) is 0.244. The van der Waals surface area contributed by atoms with Crippen LogP contribution in [0, 0.1) is 0 Å². The lowest BCUT2D eigenvalue weighted by molar-refractivity contribution is 0.0106. The molecule has 0 saturated carbocycles. The van der Waals surface area contributed by atoms with Crippen LogP contribution in [0.4, 0.5) is 0 Å². The molecule has 2 unspecified atom stereocenters. The van der Waals surface area contributed by atoms with E-state index in [1.165, 1.54) is 5.56 Å². The average Bonchev–Trinajstić information content (AvgIpc) is 3.02. The topological polar surface area (TPSA) is 87.3 Å². The van der Waals surface area contributed by atoms with Crippen molar-refractivity contribution in [1.82, 2.24) is 10.6 Å². The molecular formula is C33H42N2O6. The summed E-state index contributed by atoms with van der Waals surface area (Å²) in [6, 6.07) is 23.8. The van der Waals surface area contributed by atoms with Crippen molar-refractivity contribution in [3.63, 3.8) is 0 Å². The molecule has 41 heavy (non-hydrogen) atoms. The SMILES string of the molecule is COCCNC(=O)c1cccc(COC2CNCCC2c2ccc(OCCCOCc3ccccc3OC)cc2)c1. The number of nitrogens with one attached hydrogen (secondary N) is 2. The summed E-state index contributed by atoms with van der Waals surface area (Å²) in [6.45, 7) is 4.88. The van der Waals surface area contributed by atoms with Gasteiger partial charge in [0.25, 0.3) is 5.91 Å². The second kappa shape index (κ2) is 16.7. The molecule has 8 nitrogen and oxygen atoms in total. The van der Waals surface area contributed by atoms with E-state index in [-0.39, 0.29) is 17.9 Å². The van der Waals surface area contributed by atoms with E-state index < -0.39 is 0 Å². The lowest BCUT2D eigenvalue weighted by Gasteiger charge is -2.32. The summed E-state index contributed by atoms with van der Waals surface area (Å²) in [5, 5.41) is 6.32. The molecule has 1 amide bonds. The van der Waals surface area contributed by atoms with Crippen molar-refractivity contribution in [2.45, 2.75) is 38.1 Å². The molecule has 1 aliphatic rings. The molecule has 1 heterocycles. The van der Waals surface area contributed by atoms with Crippen molar-refractivity contribution < 1.29 is 28.5 Å². The Morgan fingerprint density at radius 2 is 1.80 bits per heavy atom. The van der Waals surface area contributed by atoms with Gasteiger partial charge < -0.3 is 34.3 Å². The Morgan fingerprint density at radius 3 is 2.63 bits per heavy atom. The summed E-state index contributed by atoms with van der Waals surface area (Å²) in [4.78, 5) is 12.4. The number of amides is 1. The summed E-state index contributed by atoms with van der Waals surface area (Å²) in [5.41, 5.74) is 3.89. The predicted molar refractivity (Wildman–Crippen MR) is 159 cm³/mol. The average molecular weight is 563 g/mol. The van der Waals surface area contributed by atoms with E-state index in [2.05, 4.69) is 22.8 Å². The number of ether oxygens (including phenoxy) is 5. The number of hydrogen-bond acceptors (Lipinski definition) is 7. The number of para-hydroxylation sites is 1. The Kier molecular flexibility index (Phi) is 12.5. The summed E-state index contributed by atoms with van der Waals surface area (Å²) < 4.78 is 28.5. The van der Waals surface area contributed by atoms with Gasteiger partial charge in [0.2, 0.25) is 0 Å². The van der Waals surface area contributed by atoms with Gasteiger partial charge in [-0.05, 0) is 54.4 Å². The summed E-state index contributed by atoms with van der Waals surface area (Å²) >= 11 is 0. The van der Waals surface area contributed by atoms with Gasteiger partial charge in [0, 0.05) is 43.7 Å². The van der Waals surface area contributed by atoms with Crippen LogP contribution in [0.5, 0.6) is 11.5 Å². The van der Waals surface area contributed by atoms with Crippen LogP contribution in [-0.2, 0) is 27.4 Å². The molecule has 0 bridgehead atoms. The molecule has 8 heteroatoms. The van der Waals surface area contributed by atoms with Gasteiger partial charge >= 0.3 is 0 Å². The minimum atomic E-state index is -0.108. The molecule has 0 aromatic heterocycles. The van der Waals surface area contributed by atoms with E-state index in [1.54, 1.807) is 14.2 Å². The molecule has 2 N–H and O–H groups in total. The third kappa shape index (κ3) is 9.57. The normalized spacial score (nSPS) is 16.7. The zero-order valence-electron chi connectivity index (χ0n) is 24.1. The van der Waals surface area contributed by atoms with Crippen molar-refractivity contribution in [2.24, 2.45) is 0 Å². The number of rotatable bonds is 16. The number of piperidine rings is 1. The molecule has 2 atom stereocenters. The molecule has 1 saturated heterocycles. The van der Waals surface area contributed by atoms with Crippen molar-refractivity contribution in [2.75, 3.05) is 53.7 Å². The highest BCUT2D eigenvalue weighted by molar-refractivity contribution is 5.94. The van der Waals surface area contributed by atoms with E-state index >= 15 is 0 Å². The molecule has 220 valence electrons. The van der Waals surface area contributed by atoms with Crippen molar-refractivity contribution in [1.29, 1.82) is 0 Å². The first kappa shape index (κ1) is 30.5. The molecule has 0 aliphatic carbocycles. The standard InChI is InChI=1S/C33H42N2O6/c1-37-20-17-35-33(36)27-9-5-7-25(21-27)23-41-32-22-34-16-15-30(32)26-11-13-29(14-12-26)40-19-6-18-39-24-28-8-3-4-10-31(28)38-2/h3-5,7-14,21,30,32,34H,6,15-20,22-24H2,1-2H3,(H,35,36). The van der Waals surface area contributed by atoms with Gasteiger partial charge in [-0.15, -0.1) is 0 Å². The number of methoxy groups -OCH3 is 2. The third-order valence-electron chi connectivity index (χ3n) is 7.13. The molecular weight excluding hydrogens is 520 g/mol. The molecule has 0 radical (unpaired) electrons. The molecule has 4 rings (SSSR count). The Labute approximate surface area is 243 Å². The van der Waals surface area contributed by atoms with Crippen LogP contribution in [-0.4, -0.2) is 65.7 Å². The molecule has 0 spiro atoms. The van der Waals surface area contributed by atoms with E-state index in [1.807, 2.05) is 60.7 Å². The number of carbonyl (C=O) groups excluding carboxylic acids is 1. The molecule has 1 aliphatic heterocycles. The predicted octanol–water partition coefficient (Wildman–Crippen LogP) is 4.72. The highest BCUT2D eigenvalue weighted by Crippen LogP contribution is 2.30. The fraction of sp³-hybridized carbons (Fsp3) is 0.424. The summed E-state index contributed by atoms with van der Waals surface area (Å²) in [6.07, 6.45) is 1.84. The van der Waals surface area contributed by atoms with E-state index in [9.17, 15) is 4.79 Å². The van der Waals surface area contributed by atoms with Crippen LogP contribution in [0.3, 0.4) is 0 Å². The monoisotopic (exact) mass is 562 g/mol. The zero-order chi connectivity index (χ0) is 28.7. The summed E-state index contributed by atoms with van der Waals surface area (Å²) in [7, 11) is 3.29. The Morgan fingerprint density at radius 1 is 0.951 bits per heavy atom. The fourth-order valence-corrected chi connectivity index (χ4v) is 4.93. The van der Waals surface area contributed by atoms with Gasteiger partial charge in [0.05, 0.1) is 46.2 Å². The van der Waals surface area contributed by atoms with Crippen molar-refractivity contribution >= 4 is 5.91 Å². The van der Waals surface area contributed by atoms with Crippen LogP contribution < -0.4 is 20.1 Å². The van der Waals surface area contributed by atoms with Crippen LogP contribution >= 0.6 is 0 Å². The first-order chi connectivity index (χ1) is 20.2. The van der Waals surface area contributed by atoms with Gasteiger partial charge in [-0.3, -0.25) is 4.79 Å². The van der Waals surface area contributed by atoms with Gasteiger partial charge in [-0.2, -0.15) is 0 Å². The largest absolute Gasteiger partial charge is 0.496 e. The Bertz CT molecular complexity index is 1200. The number of hydrogen-bond donors (Lipinski definition) is 2. The Balaban J connectivity index is 1.21. The smallest absolute Gasteiger partial charge is 0.251 e. The van der Waals surface area contributed by atoms with Gasteiger partial charge in [-0.25, -0.2) is 0 Å². The highest BCUT2D eigenvalue weighted by Gasteiger charge is 2.27. The lowest BCUT2D eigenvalue weighted by Crippen LogP contribution is -2.41. The maximum Gasteiger partial charge on any atom is 0.251 e. The minimum absolute atomic E-state index is 0.0371. The first-order valence-electron chi connectivity index (χ1n) is 14.3. The van der Waals surface area contributed by atoms with Crippen LogP contribution in [0.2, 0.25) is 0 Å². The van der Waals surface area contributed by atoms with Gasteiger partial charge in [-0.1, -0.05) is 42.5 Å². The van der Waals surface area contributed by atoms with Crippen molar-refractivity contribution in [3.05, 3.63) is 95.1 Å². The number of benzene rings is 3. The molecule has 1 fully saturated rings. The van der Waals surface area contributed by atoms with E-state index in [0.29, 0.717) is 45.1 Å². The van der Waals surface area contributed by atoms with Crippen LogP contribution in [0.25, 0.3) is 0 Å². The summed E-state index contributed by atoms with van der Waals surface area (Å²) in [5.74, 6) is 1.88. The van der Waals surface area contributed by atoms with Gasteiger partial charge in [0.15, 0.2) is 0 Å². The lowest BCUT2D eigenvalue weighted by atomic mass is 9.87. The first-order valence-corrected chi connectivity index (χ1v) is 14.3. The maximum atomic E-state index is 12.4. The van der Waals surface area contributed by atoms with Crippen molar-refractivity contribution in [3.8, 4) is 11.5 Å². The molecule has 3 aromatic carbocycles.